The van der Waals surface area contributed by atoms with Gasteiger partial charge >= 0.3 is 159 Å². The van der Waals surface area contributed by atoms with Crippen LogP contribution in [0.15, 0.2) is 54.6 Å². The van der Waals surface area contributed by atoms with E-state index in [-0.39, 0.29) is 11.5 Å². The topological polar surface area (TPSA) is 76.0 Å². The molecule has 0 saturated heterocycles. The maximum absolute atomic E-state index is 12.6. The second-order valence-electron chi connectivity index (χ2n) is 6.31. The normalized spacial score (nSPS) is 19.3. The van der Waals surface area contributed by atoms with Gasteiger partial charge in [-0.15, -0.1) is 0 Å². The summed E-state index contributed by atoms with van der Waals surface area (Å²) >= 11 is 1.29. The second kappa shape index (κ2) is 5.09. The van der Waals surface area contributed by atoms with Gasteiger partial charge in [-0.05, 0) is 0 Å². The van der Waals surface area contributed by atoms with E-state index in [0.29, 0.717) is 28.2 Å². The van der Waals surface area contributed by atoms with Crippen molar-refractivity contribution in [1.29, 1.82) is 0 Å². The summed E-state index contributed by atoms with van der Waals surface area (Å²) in [6.45, 7) is 0. The number of benzene rings is 3. The molecule has 2 radical (unpaired) electrons. The number of carbonyl (C=O) groups is 1. The van der Waals surface area contributed by atoms with Crippen molar-refractivity contribution in [1.82, 2.24) is 0 Å². The molecule has 6 heteroatoms. The number of ether oxygens (including phenoxy) is 2. The standard InChI is InChI=1S/C20H11O5.Ga/c21-11-5-7-15-17(9-11)24-18-10-12(22)6-8-16(18)20(15)14-4-2-1-3-13(14)19(23)25-20;/h1-7,9-10,21-22H;. The Hall–Kier alpha value is -2.83. The van der Waals surface area contributed by atoms with Crippen LogP contribution in [0.3, 0.4) is 0 Å². The molecular formula is C20H11GaO5. The molecule has 1 unspecified atom stereocenters. The molecule has 0 aliphatic carbocycles. The summed E-state index contributed by atoms with van der Waals surface area (Å²) in [7, 11) is 0. The van der Waals surface area contributed by atoms with Crippen molar-refractivity contribution in [3.63, 3.8) is 0 Å². The van der Waals surface area contributed by atoms with Gasteiger partial charge in [-0.25, -0.2) is 0 Å². The Morgan fingerprint density at radius 2 is 1.65 bits per heavy atom. The third-order valence-electron chi connectivity index (χ3n) is 4.81. The van der Waals surface area contributed by atoms with E-state index in [1.54, 1.807) is 30.3 Å². The Labute approximate surface area is 158 Å². The van der Waals surface area contributed by atoms with E-state index < -0.39 is 11.6 Å². The first kappa shape index (κ1) is 15.4. The molecule has 5 rings (SSSR count). The fourth-order valence-corrected chi connectivity index (χ4v) is 4.90. The van der Waals surface area contributed by atoms with Crippen LogP contribution in [0.2, 0.25) is 0 Å². The number of rotatable bonds is 0. The average molecular weight is 401 g/mol. The molecule has 5 nitrogen and oxygen atoms in total. The number of phenolic OH excluding ortho intramolecular Hbond substituents is 2. The van der Waals surface area contributed by atoms with Crippen LogP contribution in [0.5, 0.6) is 23.0 Å². The number of fused-ring (bicyclic) bond motifs is 6. The third kappa shape index (κ3) is 1.85. The van der Waals surface area contributed by atoms with Crippen molar-refractivity contribution < 1.29 is 24.5 Å². The molecule has 0 amide bonds. The van der Waals surface area contributed by atoms with Gasteiger partial charge in [0.05, 0.1) is 0 Å². The monoisotopic (exact) mass is 400 g/mol. The van der Waals surface area contributed by atoms with E-state index in [9.17, 15) is 15.0 Å². The quantitative estimate of drug-likeness (QED) is 0.447. The first-order valence-electron chi connectivity index (χ1n) is 7.98. The van der Waals surface area contributed by atoms with Crippen molar-refractivity contribution in [3.8, 4) is 23.0 Å². The number of aromatic hydroxyl groups is 2. The molecule has 1 atom stereocenters. The van der Waals surface area contributed by atoms with E-state index >= 15 is 0 Å². The summed E-state index contributed by atoms with van der Waals surface area (Å²) in [5.74, 6) is 0.500. The number of hydrogen-bond donors (Lipinski definition) is 2. The minimum absolute atomic E-state index is 0.0426. The van der Waals surface area contributed by atoms with Gasteiger partial charge in [0.1, 0.15) is 0 Å². The van der Waals surface area contributed by atoms with Gasteiger partial charge in [-0.3, -0.25) is 0 Å². The molecule has 0 saturated carbocycles. The molecule has 124 valence electrons. The fraction of sp³-hybridized carbons (Fsp3) is 0.0500. The van der Waals surface area contributed by atoms with Crippen LogP contribution in [-0.4, -0.2) is 34.8 Å². The van der Waals surface area contributed by atoms with Crippen LogP contribution in [0.4, 0.5) is 0 Å². The predicted molar refractivity (Wildman–Crippen MR) is 93.4 cm³/mol. The van der Waals surface area contributed by atoms with E-state index in [2.05, 4.69) is 0 Å². The Morgan fingerprint density at radius 1 is 0.885 bits per heavy atom. The Balaban J connectivity index is 1.94. The summed E-state index contributed by atoms with van der Waals surface area (Å²) in [5.41, 5.74) is 1.41. The van der Waals surface area contributed by atoms with E-state index in [4.69, 9.17) is 9.47 Å². The second-order valence-corrected chi connectivity index (χ2v) is 7.61. The number of hydrogen-bond acceptors (Lipinski definition) is 5. The average Bonchev–Trinajstić information content (AvgIpc) is 2.88. The summed E-state index contributed by atoms with van der Waals surface area (Å²) in [6, 6.07) is 15.1. The fourth-order valence-electron chi connectivity index (χ4n) is 3.82. The van der Waals surface area contributed by atoms with Crippen molar-refractivity contribution >= 4 is 28.7 Å². The summed E-state index contributed by atoms with van der Waals surface area (Å²) in [5, 5.41) is 19.9. The van der Waals surface area contributed by atoms with Gasteiger partial charge in [0.2, 0.25) is 0 Å². The summed E-state index contributed by atoms with van der Waals surface area (Å²) in [4.78, 5) is 12.6. The zero-order valence-corrected chi connectivity index (χ0v) is 15.8. The van der Waals surface area contributed by atoms with Gasteiger partial charge in [0, 0.05) is 0 Å². The Bertz CT molecular complexity index is 1110. The predicted octanol–water partition coefficient (Wildman–Crippen LogP) is 2.46. The van der Waals surface area contributed by atoms with Gasteiger partial charge in [0.25, 0.3) is 0 Å². The van der Waals surface area contributed by atoms with Crippen LogP contribution < -0.4 is 8.85 Å². The molecule has 26 heavy (non-hydrogen) atoms. The van der Waals surface area contributed by atoms with Crippen LogP contribution in [0, 0.1) is 0 Å². The van der Waals surface area contributed by atoms with Crippen LogP contribution in [0.25, 0.3) is 0 Å². The van der Waals surface area contributed by atoms with Gasteiger partial charge in [-0.1, -0.05) is 0 Å². The zero-order valence-electron chi connectivity index (χ0n) is 13.4. The van der Waals surface area contributed by atoms with Crippen molar-refractivity contribution in [2.45, 2.75) is 5.60 Å². The minimum atomic E-state index is -1.16. The van der Waals surface area contributed by atoms with Crippen molar-refractivity contribution in [2.75, 3.05) is 0 Å². The van der Waals surface area contributed by atoms with Crippen molar-refractivity contribution in [2.24, 2.45) is 0 Å². The molecule has 2 aliphatic rings. The first-order valence-corrected chi connectivity index (χ1v) is 9.19. The van der Waals surface area contributed by atoms with Crippen LogP contribution in [-0.2, 0) is 10.3 Å². The molecule has 3 aromatic rings. The number of phenols is 2. The first-order chi connectivity index (χ1) is 12.5. The maximum atomic E-state index is 12.6. The van der Waals surface area contributed by atoms with Crippen LogP contribution >= 0.6 is 0 Å². The Morgan fingerprint density at radius 3 is 2.50 bits per heavy atom. The molecular weight excluding hydrogens is 390 g/mol. The zero-order chi connectivity index (χ0) is 18.1. The summed E-state index contributed by atoms with van der Waals surface area (Å²) in [6.07, 6.45) is 0. The van der Waals surface area contributed by atoms with E-state index in [1.807, 2.05) is 12.1 Å². The molecule has 1 spiro atoms. The molecule has 2 heterocycles. The van der Waals surface area contributed by atoms with Gasteiger partial charge < -0.3 is 0 Å². The van der Waals surface area contributed by atoms with Crippen LogP contribution in [0.1, 0.15) is 27.0 Å². The molecule has 3 aromatic carbocycles. The SMILES string of the molecule is O=C1OC2(c3ccc(O)cc3Oc3cc(O)c[c]([Ga])c32)c2ccccc21. The molecule has 0 fully saturated rings. The van der Waals surface area contributed by atoms with Gasteiger partial charge in [0.15, 0.2) is 0 Å². The Kier molecular flexibility index (Phi) is 3.02. The summed E-state index contributed by atoms with van der Waals surface area (Å²) < 4.78 is 12.8. The molecule has 0 bridgehead atoms. The van der Waals surface area contributed by atoms with E-state index in [0.717, 1.165) is 9.68 Å². The number of esters is 1. The van der Waals surface area contributed by atoms with E-state index in [1.165, 1.54) is 30.7 Å². The molecule has 2 N–H and O–H groups in total. The third-order valence-corrected chi connectivity index (χ3v) is 5.76. The van der Waals surface area contributed by atoms with Gasteiger partial charge in [-0.2, -0.15) is 0 Å². The molecule has 2 aliphatic heterocycles. The molecule has 0 aromatic heterocycles. The number of carbonyl (C=O) groups excluding carboxylic acids is 1. The van der Waals surface area contributed by atoms with Crippen molar-refractivity contribution in [3.05, 3.63) is 76.9 Å².